The summed E-state index contributed by atoms with van der Waals surface area (Å²) in [5.74, 6) is -0.321. The van der Waals surface area contributed by atoms with Crippen molar-refractivity contribution < 1.29 is 9.59 Å². The van der Waals surface area contributed by atoms with Crippen molar-refractivity contribution in [1.29, 1.82) is 0 Å². The van der Waals surface area contributed by atoms with Gasteiger partial charge >= 0.3 is 6.03 Å². The fourth-order valence-corrected chi connectivity index (χ4v) is 3.27. The van der Waals surface area contributed by atoms with E-state index < -0.39 is 5.91 Å². The first-order valence-corrected chi connectivity index (χ1v) is 8.50. The minimum Gasteiger partial charge on any atom is -0.364 e. The molecule has 3 rings (SSSR count). The van der Waals surface area contributed by atoms with Crippen LogP contribution in [0.2, 0.25) is 5.02 Å². The number of urea groups is 1. The number of carbonyl (C=O) groups is 2. The van der Waals surface area contributed by atoms with E-state index in [-0.39, 0.29) is 17.8 Å². The Labute approximate surface area is 151 Å². The molecule has 0 bridgehead atoms. The maximum atomic E-state index is 12.6. The van der Waals surface area contributed by atoms with E-state index in [0.717, 1.165) is 18.4 Å². The van der Waals surface area contributed by atoms with Crippen LogP contribution in [0.1, 0.15) is 28.9 Å². The van der Waals surface area contributed by atoms with Crippen LogP contribution in [0.5, 0.6) is 0 Å². The summed E-state index contributed by atoms with van der Waals surface area (Å²) >= 11 is 6.23. The van der Waals surface area contributed by atoms with Crippen LogP contribution in [0, 0.1) is 0 Å². The maximum Gasteiger partial charge on any atom is 0.323 e. The number of primary amides is 1. The summed E-state index contributed by atoms with van der Waals surface area (Å²) in [7, 11) is 0. The van der Waals surface area contributed by atoms with E-state index in [0.29, 0.717) is 23.8 Å². The third-order valence-corrected chi connectivity index (χ3v) is 4.66. The Kier molecular flexibility index (Phi) is 5.19. The lowest BCUT2D eigenvalue weighted by molar-refractivity contribution is 0.0995. The number of hydrogen-bond acceptors (Lipinski definition) is 3. The van der Waals surface area contributed by atoms with Crippen LogP contribution in [0.15, 0.2) is 42.5 Å². The summed E-state index contributed by atoms with van der Waals surface area (Å²) < 4.78 is 0. The van der Waals surface area contributed by atoms with Crippen LogP contribution in [0.3, 0.4) is 0 Å². The molecule has 1 aliphatic heterocycles. The zero-order chi connectivity index (χ0) is 17.8. The highest BCUT2D eigenvalue weighted by Gasteiger charge is 2.29. The Morgan fingerprint density at radius 3 is 2.80 bits per heavy atom. The molecule has 1 atom stereocenters. The molecule has 7 heteroatoms. The molecule has 0 spiro atoms. The number of nitrogens with one attached hydrogen (secondary N) is 1. The van der Waals surface area contributed by atoms with Crippen LogP contribution in [0.25, 0.3) is 0 Å². The number of nitrogens with two attached hydrogens (primary N) is 1. The van der Waals surface area contributed by atoms with E-state index in [1.54, 1.807) is 17.0 Å². The highest BCUT2D eigenvalue weighted by atomic mass is 35.5. The number of benzene rings is 1. The number of hydrogen-bond donors (Lipinski definition) is 2. The first kappa shape index (κ1) is 17.2. The molecule has 3 N–H and O–H groups in total. The van der Waals surface area contributed by atoms with Crippen molar-refractivity contribution in [1.82, 2.24) is 9.88 Å². The smallest absolute Gasteiger partial charge is 0.323 e. The molecule has 1 unspecified atom stereocenters. The summed E-state index contributed by atoms with van der Waals surface area (Å²) in [6.45, 7) is 0.677. The number of pyridine rings is 1. The van der Waals surface area contributed by atoms with Gasteiger partial charge in [-0.3, -0.25) is 10.1 Å². The van der Waals surface area contributed by atoms with Crippen molar-refractivity contribution >= 4 is 29.4 Å². The summed E-state index contributed by atoms with van der Waals surface area (Å²) in [6.07, 6.45) is 2.58. The van der Waals surface area contributed by atoms with Crippen LogP contribution in [0.4, 0.5) is 10.6 Å². The fourth-order valence-electron chi connectivity index (χ4n) is 3.06. The van der Waals surface area contributed by atoms with E-state index >= 15 is 0 Å². The molecule has 3 amide bonds. The average Bonchev–Trinajstić information content (AvgIpc) is 3.05. The van der Waals surface area contributed by atoms with Gasteiger partial charge in [-0.25, -0.2) is 9.78 Å². The van der Waals surface area contributed by atoms with Crippen molar-refractivity contribution in [3.05, 3.63) is 58.7 Å². The summed E-state index contributed by atoms with van der Waals surface area (Å²) in [6, 6.07) is 12.3. The van der Waals surface area contributed by atoms with Crippen molar-refractivity contribution in [2.45, 2.75) is 25.3 Å². The summed E-state index contributed by atoms with van der Waals surface area (Å²) in [5.41, 5.74) is 6.37. The maximum absolute atomic E-state index is 12.6. The molecule has 6 nitrogen and oxygen atoms in total. The molecular formula is C18H19ClN4O2. The molecule has 0 radical (unpaired) electrons. The molecule has 130 valence electrons. The van der Waals surface area contributed by atoms with Crippen LogP contribution in [-0.4, -0.2) is 34.4 Å². The predicted molar refractivity (Wildman–Crippen MR) is 96.7 cm³/mol. The van der Waals surface area contributed by atoms with Gasteiger partial charge in [0.1, 0.15) is 11.5 Å². The largest absolute Gasteiger partial charge is 0.364 e. The van der Waals surface area contributed by atoms with E-state index in [1.807, 2.05) is 24.3 Å². The van der Waals surface area contributed by atoms with E-state index in [9.17, 15) is 9.59 Å². The topological polar surface area (TPSA) is 88.3 Å². The lowest BCUT2D eigenvalue weighted by Gasteiger charge is -2.25. The molecule has 1 fully saturated rings. The van der Waals surface area contributed by atoms with Gasteiger partial charge in [-0.1, -0.05) is 35.9 Å². The van der Waals surface area contributed by atoms with Gasteiger partial charge in [0.25, 0.3) is 5.91 Å². The highest BCUT2D eigenvalue weighted by Crippen LogP contribution is 2.25. The third kappa shape index (κ3) is 4.09. The molecule has 0 aliphatic carbocycles. The zero-order valence-corrected chi connectivity index (χ0v) is 14.4. The number of aromatic nitrogens is 1. The first-order valence-electron chi connectivity index (χ1n) is 8.12. The SMILES string of the molecule is NC(=O)c1cccc(NC(=O)N2CCCC2Cc2ccccc2Cl)n1. The van der Waals surface area contributed by atoms with Gasteiger partial charge in [-0.2, -0.15) is 0 Å². The minimum atomic E-state index is -0.631. The van der Waals surface area contributed by atoms with E-state index in [2.05, 4.69) is 10.3 Å². The van der Waals surface area contributed by atoms with Gasteiger partial charge in [0.05, 0.1) is 0 Å². The van der Waals surface area contributed by atoms with Crippen molar-refractivity contribution in [2.75, 3.05) is 11.9 Å². The number of anilines is 1. The number of nitrogens with zero attached hydrogens (tertiary/aromatic N) is 2. The Morgan fingerprint density at radius 1 is 1.24 bits per heavy atom. The standard InChI is InChI=1S/C18H19ClN4O2/c19-14-7-2-1-5-12(14)11-13-6-4-10-23(13)18(25)22-16-9-3-8-15(21-16)17(20)24/h1-3,5,7-9,13H,4,6,10-11H2,(H2,20,24)(H,21,22,25). The zero-order valence-electron chi connectivity index (χ0n) is 13.6. The highest BCUT2D eigenvalue weighted by molar-refractivity contribution is 6.31. The number of halogens is 1. The summed E-state index contributed by atoms with van der Waals surface area (Å²) in [5, 5.41) is 3.46. The second-order valence-electron chi connectivity index (χ2n) is 5.99. The Bertz CT molecular complexity index is 796. The van der Waals surface area contributed by atoms with Gasteiger partial charge in [-0.05, 0) is 43.0 Å². The molecule has 2 heterocycles. The molecule has 1 aliphatic rings. The van der Waals surface area contributed by atoms with Crippen LogP contribution >= 0.6 is 11.6 Å². The molecule has 25 heavy (non-hydrogen) atoms. The second kappa shape index (κ2) is 7.53. The lowest BCUT2D eigenvalue weighted by Crippen LogP contribution is -2.40. The first-order chi connectivity index (χ1) is 12.0. The Balaban J connectivity index is 1.69. The van der Waals surface area contributed by atoms with Gasteiger partial charge in [-0.15, -0.1) is 0 Å². The number of carbonyl (C=O) groups excluding carboxylic acids is 2. The van der Waals surface area contributed by atoms with Crippen molar-refractivity contribution in [3.8, 4) is 0 Å². The Morgan fingerprint density at radius 2 is 2.04 bits per heavy atom. The average molecular weight is 359 g/mol. The molecular weight excluding hydrogens is 340 g/mol. The molecule has 1 saturated heterocycles. The van der Waals surface area contributed by atoms with Crippen LogP contribution < -0.4 is 11.1 Å². The van der Waals surface area contributed by atoms with Crippen LogP contribution in [-0.2, 0) is 6.42 Å². The predicted octanol–water partition coefficient (Wildman–Crippen LogP) is 3.07. The Hall–Kier alpha value is -2.60. The summed E-state index contributed by atoms with van der Waals surface area (Å²) in [4.78, 5) is 29.7. The molecule has 2 aromatic rings. The molecule has 1 aromatic heterocycles. The van der Waals surface area contributed by atoms with Gasteiger partial charge in [0.15, 0.2) is 0 Å². The van der Waals surface area contributed by atoms with Gasteiger partial charge < -0.3 is 10.6 Å². The van der Waals surface area contributed by atoms with Gasteiger partial charge in [0.2, 0.25) is 0 Å². The number of rotatable bonds is 4. The molecule has 0 saturated carbocycles. The lowest BCUT2D eigenvalue weighted by atomic mass is 10.0. The van der Waals surface area contributed by atoms with E-state index in [4.69, 9.17) is 17.3 Å². The second-order valence-corrected chi connectivity index (χ2v) is 6.39. The molecule has 1 aromatic carbocycles. The van der Waals surface area contributed by atoms with E-state index in [1.165, 1.54) is 6.07 Å². The number of likely N-dealkylation sites (tertiary alicyclic amines) is 1. The third-order valence-electron chi connectivity index (χ3n) is 4.29. The number of amides is 3. The van der Waals surface area contributed by atoms with Crippen molar-refractivity contribution in [2.24, 2.45) is 5.73 Å². The minimum absolute atomic E-state index is 0.0826. The fraction of sp³-hybridized carbons (Fsp3) is 0.278. The monoisotopic (exact) mass is 358 g/mol. The quantitative estimate of drug-likeness (QED) is 0.880. The van der Waals surface area contributed by atoms with Gasteiger partial charge in [0, 0.05) is 17.6 Å². The van der Waals surface area contributed by atoms with Crippen molar-refractivity contribution in [3.63, 3.8) is 0 Å². The normalized spacial score (nSPS) is 16.7.